The van der Waals surface area contributed by atoms with Gasteiger partial charge < -0.3 is 10.1 Å². The van der Waals surface area contributed by atoms with Crippen LogP contribution in [0.5, 0.6) is 0 Å². The van der Waals surface area contributed by atoms with Gasteiger partial charge in [-0.1, -0.05) is 15.9 Å². The van der Waals surface area contributed by atoms with E-state index in [9.17, 15) is 0 Å². The maximum absolute atomic E-state index is 8.97. The first-order chi connectivity index (χ1) is 7.29. The second-order valence-electron chi connectivity index (χ2n) is 3.51. The fourth-order valence-electron chi connectivity index (χ4n) is 1.60. The summed E-state index contributed by atoms with van der Waals surface area (Å²) >= 11 is 3.35. The van der Waals surface area contributed by atoms with Crippen LogP contribution in [0.2, 0.25) is 0 Å². The molecule has 0 saturated carbocycles. The van der Waals surface area contributed by atoms with Gasteiger partial charge in [-0.25, -0.2) is 0 Å². The van der Waals surface area contributed by atoms with Crippen molar-refractivity contribution >= 4 is 21.6 Å². The number of anilines is 1. The van der Waals surface area contributed by atoms with E-state index in [0.717, 1.165) is 29.8 Å². The molecule has 1 N–H and O–H groups in total. The zero-order chi connectivity index (χ0) is 10.7. The summed E-state index contributed by atoms with van der Waals surface area (Å²) in [5.74, 6) is 0. The van der Waals surface area contributed by atoms with Gasteiger partial charge in [0.1, 0.15) is 6.07 Å². The molecule has 1 aromatic rings. The van der Waals surface area contributed by atoms with Gasteiger partial charge in [0, 0.05) is 11.1 Å². The highest BCUT2D eigenvalue weighted by Crippen LogP contribution is 2.22. The molecule has 15 heavy (non-hydrogen) atoms. The first kappa shape index (κ1) is 10.5. The maximum atomic E-state index is 8.97. The van der Waals surface area contributed by atoms with Crippen LogP contribution in [0.3, 0.4) is 0 Å². The minimum Gasteiger partial charge on any atom is -0.379 e. The third-order valence-corrected chi connectivity index (χ3v) is 2.88. The Morgan fingerprint density at radius 3 is 3.07 bits per heavy atom. The Labute approximate surface area is 97.2 Å². The lowest BCUT2D eigenvalue weighted by Crippen LogP contribution is -2.19. The average molecular weight is 267 g/mol. The molecular weight excluding hydrogens is 256 g/mol. The highest BCUT2D eigenvalue weighted by atomic mass is 79.9. The summed E-state index contributed by atoms with van der Waals surface area (Å²) in [7, 11) is 0. The van der Waals surface area contributed by atoms with Crippen molar-refractivity contribution in [2.24, 2.45) is 0 Å². The van der Waals surface area contributed by atoms with Gasteiger partial charge in [-0.3, -0.25) is 0 Å². The number of ether oxygens (including phenoxy) is 1. The predicted octanol–water partition coefficient (Wildman–Crippen LogP) is 2.52. The lowest BCUT2D eigenvalue weighted by molar-refractivity contribution is 0.195. The van der Waals surface area contributed by atoms with Crippen LogP contribution in [0.15, 0.2) is 22.7 Å². The summed E-state index contributed by atoms with van der Waals surface area (Å²) in [6, 6.07) is 8.17. The molecule has 3 nitrogen and oxygen atoms in total. The lowest BCUT2D eigenvalue weighted by atomic mass is 10.1. The lowest BCUT2D eigenvalue weighted by Gasteiger charge is -2.13. The Bertz CT molecular complexity index is 394. The van der Waals surface area contributed by atoms with E-state index in [1.807, 2.05) is 18.2 Å². The number of nitrogens with one attached hydrogen (secondary N) is 1. The maximum Gasteiger partial charge on any atom is 0.101 e. The minimum absolute atomic E-state index is 0.332. The first-order valence-corrected chi connectivity index (χ1v) is 5.63. The van der Waals surface area contributed by atoms with Gasteiger partial charge in [-0.05, 0) is 24.6 Å². The van der Waals surface area contributed by atoms with E-state index in [1.54, 1.807) is 0 Å². The van der Waals surface area contributed by atoms with Gasteiger partial charge in [-0.15, -0.1) is 0 Å². The second-order valence-corrected chi connectivity index (χ2v) is 4.42. The van der Waals surface area contributed by atoms with Gasteiger partial charge in [-0.2, -0.15) is 5.26 Å². The SMILES string of the molecule is N#Cc1cc(Br)ccc1NC1CCOC1. The molecule has 78 valence electrons. The highest BCUT2D eigenvalue weighted by molar-refractivity contribution is 9.10. The Kier molecular flexibility index (Phi) is 3.24. The van der Waals surface area contributed by atoms with Gasteiger partial charge in [0.05, 0.1) is 23.9 Å². The summed E-state index contributed by atoms with van der Waals surface area (Å²) in [4.78, 5) is 0. The van der Waals surface area contributed by atoms with E-state index >= 15 is 0 Å². The zero-order valence-corrected chi connectivity index (χ0v) is 9.75. The molecule has 1 atom stereocenters. The van der Waals surface area contributed by atoms with E-state index in [0.29, 0.717) is 11.6 Å². The van der Waals surface area contributed by atoms with E-state index in [2.05, 4.69) is 27.3 Å². The Balaban J connectivity index is 2.16. The molecule has 1 fully saturated rings. The third-order valence-electron chi connectivity index (χ3n) is 2.39. The Morgan fingerprint density at radius 1 is 1.53 bits per heavy atom. The van der Waals surface area contributed by atoms with Crippen LogP contribution >= 0.6 is 15.9 Å². The molecule has 0 aromatic heterocycles. The summed E-state index contributed by atoms with van der Waals surface area (Å²) in [5.41, 5.74) is 1.55. The van der Waals surface area contributed by atoms with Crippen LogP contribution < -0.4 is 5.32 Å². The predicted molar refractivity (Wildman–Crippen MR) is 61.7 cm³/mol. The molecule has 0 amide bonds. The van der Waals surface area contributed by atoms with Gasteiger partial charge in [0.15, 0.2) is 0 Å². The average Bonchev–Trinajstić information content (AvgIpc) is 2.73. The van der Waals surface area contributed by atoms with E-state index < -0.39 is 0 Å². The van der Waals surface area contributed by atoms with Crippen molar-refractivity contribution in [2.45, 2.75) is 12.5 Å². The fourth-order valence-corrected chi connectivity index (χ4v) is 1.96. The number of rotatable bonds is 2. The van der Waals surface area contributed by atoms with Crippen LogP contribution in [0.1, 0.15) is 12.0 Å². The summed E-state index contributed by atoms with van der Waals surface area (Å²) < 4.78 is 6.20. The van der Waals surface area contributed by atoms with Crippen LogP contribution in [-0.4, -0.2) is 19.3 Å². The van der Waals surface area contributed by atoms with Crippen molar-refractivity contribution in [2.75, 3.05) is 18.5 Å². The molecule has 0 radical (unpaired) electrons. The molecule has 1 aliphatic rings. The quantitative estimate of drug-likeness (QED) is 0.895. The molecule has 4 heteroatoms. The highest BCUT2D eigenvalue weighted by Gasteiger charge is 2.16. The van der Waals surface area contributed by atoms with Crippen LogP contribution in [-0.2, 0) is 4.74 Å². The Hall–Kier alpha value is -1.05. The number of nitriles is 1. The molecule has 2 rings (SSSR count). The van der Waals surface area contributed by atoms with E-state index in [1.165, 1.54) is 0 Å². The molecule has 0 bridgehead atoms. The van der Waals surface area contributed by atoms with Gasteiger partial charge in [0.2, 0.25) is 0 Å². The van der Waals surface area contributed by atoms with Crippen molar-refractivity contribution in [3.63, 3.8) is 0 Å². The normalized spacial score (nSPS) is 19.9. The largest absolute Gasteiger partial charge is 0.379 e. The van der Waals surface area contributed by atoms with Crippen molar-refractivity contribution < 1.29 is 4.74 Å². The van der Waals surface area contributed by atoms with Crippen LogP contribution in [0.4, 0.5) is 5.69 Å². The van der Waals surface area contributed by atoms with E-state index in [4.69, 9.17) is 10.00 Å². The molecule has 0 aliphatic carbocycles. The molecular formula is C11H11BrN2O. The number of benzene rings is 1. The van der Waals surface area contributed by atoms with Crippen molar-refractivity contribution in [1.29, 1.82) is 5.26 Å². The van der Waals surface area contributed by atoms with Crippen LogP contribution in [0, 0.1) is 11.3 Å². The van der Waals surface area contributed by atoms with Gasteiger partial charge >= 0.3 is 0 Å². The molecule has 1 aliphatic heterocycles. The standard InChI is InChI=1S/C11H11BrN2O/c12-9-1-2-11(8(5-9)6-13)14-10-3-4-15-7-10/h1-2,5,10,14H,3-4,7H2. The molecule has 0 spiro atoms. The Morgan fingerprint density at radius 2 is 2.40 bits per heavy atom. The summed E-state index contributed by atoms with van der Waals surface area (Å²) in [6.45, 7) is 1.52. The number of hydrogen-bond acceptors (Lipinski definition) is 3. The molecule has 1 unspecified atom stereocenters. The smallest absolute Gasteiger partial charge is 0.101 e. The molecule has 1 aromatic carbocycles. The topological polar surface area (TPSA) is 45.0 Å². The van der Waals surface area contributed by atoms with Crippen LogP contribution in [0.25, 0.3) is 0 Å². The van der Waals surface area contributed by atoms with Crippen molar-refractivity contribution in [1.82, 2.24) is 0 Å². The van der Waals surface area contributed by atoms with E-state index in [-0.39, 0.29) is 0 Å². The number of nitrogens with zero attached hydrogens (tertiary/aromatic N) is 1. The third kappa shape index (κ3) is 2.49. The van der Waals surface area contributed by atoms with Crippen molar-refractivity contribution in [3.8, 4) is 6.07 Å². The zero-order valence-electron chi connectivity index (χ0n) is 8.16. The summed E-state index contributed by atoms with van der Waals surface area (Å²) in [6.07, 6.45) is 1.00. The fraction of sp³-hybridized carbons (Fsp3) is 0.364. The molecule has 1 heterocycles. The first-order valence-electron chi connectivity index (χ1n) is 4.83. The monoisotopic (exact) mass is 266 g/mol. The second kappa shape index (κ2) is 4.65. The number of hydrogen-bond donors (Lipinski definition) is 1. The van der Waals surface area contributed by atoms with Crippen molar-refractivity contribution in [3.05, 3.63) is 28.2 Å². The molecule has 1 saturated heterocycles. The van der Waals surface area contributed by atoms with Gasteiger partial charge in [0.25, 0.3) is 0 Å². The minimum atomic E-state index is 0.332. The number of halogens is 1. The summed E-state index contributed by atoms with van der Waals surface area (Å²) in [5, 5.41) is 12.3.